The zero-order chi connectivity index (χ0) is 18.0. The summed E-state index contributed by atoms with van der Waals surface area (Å²) in [5.41, 5.74) is 10.2. The Bertz CT molecular complexity index is 770. The topological polar surface area (TPSA) is 55.6 Å². The van der Waals surface area contributed by atoms with Crippen LogP contribution in [0.2, 0.25) is 0 Å². The van der Waals surface area contributed by atoms with Gasteiger partial charge in [-0.3, -0.25) is 4.79 Å². The molecule has 3 rings (SSSR count). The Balaban J connectivity index is 1.71. The Morgan fingerprint density at radius 2 is 1.88 bits per heavy atom. The molecule has 4 nitrogen and oxygen atoms in total. The number of para-hydroxylation sites is 1. The van der Waals surface area contributed by atoms with Gasteiger partial charge in [0.15, 0.2) is 6.10 Å². The number of carbonyl (C=O) groups excluding carboxylic acids is 1. The number of amides is 1. The zero-order valence-electron chi connectivity index (χ0n) is 15.2. The van der Waals surface area contributed by atoms with Gasteiger partial charge in [-0.2, -0.15) is 0 Å². The van der Waals surface area contributed by atoms with Gasteiger partial charge in [-0.1, -0.05) is 38.1 Å². The van der Waals surface area contributed by atoms with Crippen LogP contribution in [0, 0.1) is 0 Å². The molecule has 132 valence electrons. The van der Waals surface area contributed by atoms with Crippen LogP contribution >= 0.6 is 0 Å². The van der Waals surface area contributed by atoms with Gasteiger partial charge in [0.25, 0.3) is 5.91 Å². The smallest absolute Gasteiger partial charge is 0.263 e. The van der Waals surface area contributed by atoms with Crippen molar-refractivity contribution in [1.82, 2.24) is 4.90 Å². The molecule has 25 heavy (non-hydrogen) atoms. The van der Waals surface area contributed by atoms with Crippen molar-refractivity contribution in [3.63, 3.8) is 0 Å². The van der Waals surface area contributed by atoms with Gasteiger partial charge in [0.2, 0.25) is 0 Å². The van der Waals surface area contributed by atoms with Crippen molar-refractivity contribution in [2.75, 3.05) is 12.3 Å². The fraction of sp³-hybridized carbons (Fsp3) is 0.381. The van der Waals surface area contributed by atoms with Crippen LogP contribution in [0.5, 0.6) is 5.75 Å². The van der Waals surface area contributed by atoms with E-state index in [2.05, 4.69) is 26.0 Å². The first-order chi connectivity index (χ1) is 12.0. The maximum Gasteiger partial charge on any atom is 0.263 e. The molecule has 1 heterocycles. The zero-order valence-corrected chi connectivity index (χ0v) is 15.2. The van der Waals surface area contributed by atoms with E-state index >= 15 is 0 Å². The van der Waals surface area contributed by atoms with Crippen LogP contribution in [0.3, 0.4) is 0 Å². The number of benzene rings is 2. The highest BCUT2D eigenvalue weighted by atomic mass is 16.5. The van der Waals surface area contributed by atoms with Gasteiger partial charge in [0, 0.05) is 18.8 Å². The number of nitrogens with two attached hydrogens (primary N) is 1. The summed E-state index contributed by atoms with van der Waals surface area (Å²) in [6.07, 6.45) is 0.346. The molecule has 0 fully saturated rings. The van der Waals surface area contributed by atoms with Crippen molar-refractivity contribution in [2.24, 2.45) is 0 Å². The van der Waals surface area contributed by atoms with E-state index in [1.54, 1.807) is 0 Å². The summed E-state index contributed by atoms with van der Waals surface area (Å²) in [4.78, 5) is 14.7. The van der Waals surface area contributed by atoms with Gasteiger partial charge in [-0.25, -0.2) is 0 Å². The van der Waals surface area contributed by atoms with Gasteiger partial charge in [0.1, 0.15) is 5.75 Å². The van der Waals surface area contributed by atoms with Gasteiger partial charge in [-0.15, -0.1) is 0 Å². The standard InChI is InChI=1S/C21H26N2O2/c1-14(2)19-6-4-5-7-20(19)25-15(3)21(24)23-11-10-16-8-9-18(22)12-17(16)13-23/h4-9,12,14-15H,10-11,13,22H2,1-3H3. The highest BCUT2D eigenvalue weighted by Crippen LogP contribution is 2.28. The maximum atomic E-state index is 12.8. The predicted molar refractivity (Wildman–Crippen MR) is 101 cm³/mol. The Morgan fingerprint density at radius 3 is 2.64 bits per heavy atom. The Kier molecular flexibility index (Phi) is 4.98. The monoisotopic (exact) mass is 338 g/mol. The van der Waals surface area contributed by atoms with Crippen LogP contribution in [-0.4, -0.2) is 23.5 Å². The first-order valence-corrected chi connectivity index (χ1v) is 8.87. The molecule has 2 N–H and O–H groups in total. The average molecular weight is 338 g/mol. The van der Waals surface area contributed by atoms with Crippen molar-refractivity contribution in [3.8, 4) is 5.75 Å². The molecule has 0 spiro atoms. The second kappa shape index (κ2) is 7.18. The number of hydrogen-bond acceptors (Lipinski definition) is 3. The minimum Gasteiger partial charge on any atom is -0.481 e. The molecule has 0 saturated carbocycles. The average Bonchev–Trinajstić information content (AvgIpc) is 2.60. The lowest BCUT2D eigenvalue weighted by Gasteiger charge is -2.31. The molecular weight excluding hydrogens is 312 g/mol. The number of fused-ring (bicyclic) bond motifs is 1. The summed E-state index contributed by atoms with van der Waals surface area (Å²) in [6.45, 7) is 7.39. The summed E-state index contributed by atoms with van der Waals surface area (Å²) in [6, 6.07) is 13.9. The van der Waals surface area contributed by atoms with E-state index in [0.29, 0.717) is 12.5 Å². The Labute approximate surface area is 149 Å². The summed E-state index contributed by atoms with van der Waals surface area (Å²) < 4.78 is 6.02. The van der Waals surface area contributed by atoms with E-state index in [0.717, 1.165) is 35.5 Å². The number of anilines is 1. The number of ether oxygens (including phenoxy) is 1. The number of hydrogen-bond donors (Lipinski definition) is 1. The van der Waals surface area contributed by atoms with Crippen molar-refractivity contribution < 1.29 is 9.53 Å². The second-order valence-corrected chi connectivity index (χ2v) is 6.99. The lowest BCUT2D eigenvalue weighted by atomic mass is 9.99. The normalized spacial score (nSPS) is 15.0. The molecule has 2 aromatic rings. The first kappa shape index (κ1) is 17.3. The molecule has 0 bridgehead atoms. The van der Waals surface area contributed by atoms with E-state index in [-0.39, 0.29) is 5.91 Å². The third-order valence-corrected chi connectivity index (χ3v) is 4.75. The minimum atomic E-state index is -0.512. The quantitative estimate of drug-likeness (QED) is 0.864. The van der Waals surface area contributed by atoms with Crippen LogP contribution in [0.4, 0.5) is 5.69 Å². The highest BCUT2D eigenvalue weighted by molar-refractivity contribution is 5.81. The van der Waals surface area contributed by atoms with Gasteiger partial charge < -0.3 is 15.4 Å². The lowest BCUT2D eigenvalue weighted by Crippen LogP contribution is -2.43. The van der Waals surface area contributed by atoms with E-state index in [1.165, 1.54) is 5.56 Å². The van der Waals surface area contributed by atoms with Crippen molar-refractivity contribution in [3.05, 3.63) is 59.2 Å². The van der Waals surface area contributed by atoms with Crippen molar-refractivity contribution >= 4 is 11.6 Å². The van der Waals surface area contributed by atoms with E-state index in [9.17, 15) is 4.79 Å². The van der Waals surface area contributed by atoms with Crippen LogP contribution in [-0.2, 0) is 17.8 Å². The molecule has 1 aliphatic rings. The summed E-state index contributed by atoms with van der Waals surface area (Å²) in [7, 11) is 0. The van der Waals surface area contributed by atoms with Gasteiger partial charge in [-0.05, 0) is 54.2 Å². The fourth-order valence-corrected chi connectivity index (χ4v) is 3.33. The molecule has 1 amide bonds. The number of rotatable bonds is 4. The van der Waals surface area contributed by atoms with E-state index in [1.807, 2.05) is 42.2 Å². The number of carbonyl (C=O) groups is 1. The van der Waals surface area contributed by atoms with Crippen molar-refractivity contribution in [1.29, 1.82) is 0 Å². The van der Waals surface area contributed by atoms with E-state index < -0.39 is 6.10 Å². The Morgan fingerprint density at radius 1 is 1.12 bits per heavy atom. The molecule has 2 aromatic carbocycles. The molecule has 0 saturated heterocycles. The predicted octanol–water partition coefficient (Wildman–Crippen LogP) is 3.74. The summed E-state index contributed by atoms with van der Waals surface area (Å²) >= 11 is 0. The summed E-state index contributed by atoms with van der Waals surface area (Å²) in [5.74, 6) is 1.16. The maximum absolute atomic E-state index is 12.8. The molecule has 1 atom stereocenters. The van der Waals surface area contributed by atoms with Crippen LogP contribution < -0.4 is 10.5 Å². The lowest BCUT2D eigenvalue weighted by molar-refractivity contribution is -0.138. The first-order valence-electron chi connectivity index (χ1n) is 8.87. The van der Waals surface area contributed by atoms with Crippen LogP contribution in [0.15, 0.2) is 42.5 Å². The van der Waals surface area contributed by atoms with E-state index in [4.69, 9.17) is 10.5 Å². The minimum absolute atomic E-state index is 0.0200. The third-order valence-electron chi connectivity index (χ3n) is 4.75. The molecule has 0 aliphatic carbocycles. The van der Waals surface area contributed by atoms with Gasteiger partial charge in [0.05, 0.1) is 0 Å². The second-order valence-electron chi connectivity index (χ2n) is 6.99. The number of nitrogen functional groups attached to an aromatic ring is 1. The van der Waals surface area contributed by atoms with Crippen molar-refractivity contribution in [2.45, 2.75) is 45.8 Å². The SMILES string of the molecule is CC(Oc1ccccc1C(C)C)C(=O)N1CCc2ccc(N)cc2C1. The molecule has 0 radical (unpaired) electrons. The van der Waals surface area contributed by atoms with Crippen LogP contribution in [0.1, 0.15) is 43.4 Å². The molecular formula is C21H26N2O2. The molecule has 1 unspecified atom stereocenters. The van der Waals surface area contributed by atoms with Gasteiger partial charge >= 0.3 is 0 Å². The fourth-order valence-electron chi connectivity index (χ4n) is 3.33. The molecule has 0 aromatic heterocycles. The largest absolute Gasteiger partial charge is 0.481 e. The Hall–Kier alpha value is -2.49. The number of nitrogens with zero attached hydrogens (tertiary/aromatic N) is 1. The van der Waals surface area contributed by atoms with Crippen LogP contribution in [0.25, 0.3) is 0 Å². The highest BCUT2D eigenvalue weighted by Gasteiger charge is 2.26. The molecule has 4 heteroatoms. The molecule has 1 aliphatic heterocycles. The summed E-state index contributed by atoms with van der Waals surface area (Å²) in [5, 5.41) is 0. The third kappa shape index (κ3) is 3.78.